The number of hydrogen-bond donors (Lipinski definition) is 1. The van der Waals surface area contributed by atoms with Crippen LogP contribution < -0.4 is 10.9 Å². The second-order valence-electron chi connectivity index (χ2n) is 7.09. The van der Waals surface area contributed by atoms with Gasteiger partial charge in [-0.25, -0.2) is 9.78 Å². The van der Waals surface area contributed by atoms with Crippen LogP contribution in [-0.4, -0.2) is 33.8 Å². The number of rotatable bonds is 7. The smallest absolute Gasteiger partial charge is 0.338 e. The van der Waals surface area contributed by atoms with E-state index in [1.165, 1.54) is 27.7 Å². The van der Waals surface area contributed by atoms with Crippen LogP contribution in [0.3, 0.4) is 0 Å². The van der Waals surface area contributed by atoms with E-state index in [4.69, 9.17) is 9.72 Å². The molecule has 0 atom stereocenters. The summed E-state index contributed by atoms with van der Waals surface area (Å²) >= 11 is 2.55. The third kappa shape index (κ3) is 4.99. The lowest BCUT2D eigenvalue weighted by Crippen LogP contribution is -2.20. The maximum Gasteiger partial charge on any atom is 0.338 e. The predicted molar refractivity (Wildman–Crippen MR) is 132 cm³/mol. The molecule has 4 rings (SSSR count). The number of esters is 1. The molecule has 33 heavy (non-hydrogen) atoms. The Balaban J connectivity index is 1.52. The minimum absolute atomic E-state index is 0.0558. The number of aromatic nitrogens is 2. The second-order valence-corrected chi connectivity index (χ2v) is 8.91. The van der Waals surface area contributed by atoms with Gasteiger partial charge in [-0.3, -0.25) is 14.2 Å². The summed E-state index contributed by atoms with van der Waals surface area (Å²) in [6, 6.07) is 16.3. The van der Waals surface area contributed by atoms with Gasteiger partial charge < -0.3 is 10.1 Å². The van der Waals surface area contributed by atoms with Crippen LogP contribution in [0.1, 0.15) is 17.3 Å². The van der Waals surface area contributed by atoms with Crippen molar-refractivity contribution in [2.45, 2.75) is 12.1 Å². The molecule has 1 N–H and O–H groups in total. The molecule has 0 radical (unpaired) electrons. The van der Waals surface area contributed by atoms with Gasteiger partial charge in [-0.15, -0.1) is 11.3 Å². The van der Waals surface area contributed by atoms with Gasteiger partial charge in [0.2, 0.25) is 5.91 Å². The zero-order chi connectivity index (χ0) is 23.4. The van der Waals surface area contributed by atoms with Crippen LogP contribution in [0.25, 0.3) is 21.3 Å². The van der Waals surface area contributed by atoms with Gasteiger partial charge in [0.05, 0.1) is 23.4 Å². The van der Waals surface area contributed by atoms with Crippen LogP contribution in [0.5, 0.6) is 0 Å². The Labute approximate surface area is 198 Å². The van der Waals surface area contributed by atoms with E-state index >= 15 is 0 Å². The Morgan fingerprint density at radius 1 is 1.15 bits per heavy atom. The van der Waals surface area contributed by atoms with Crippen LogP contribution in [0.4, 0.5) is 5.69 Å². The molecule has 0 fully saturated rings. The van der Waals surface area contributed by atoms with Crippen molar-refractivity contribution in [3.8, 4) is 11.1 Å². The fourth-order valence-electron chi connectivity index (χ4n) is 3.24. The summed E-state index contributed by atoms with van der Waals surface area (Å²) in [5, 5.41) is 5.17. The number of carbonyl (C=O) groups excluding carboxylic acids is 2. The molecular formula is C24H21N3O4S2. The third-order valence-corrected chi connectivity index (χ3v) is 6.82. The lowest BCUT2D eigenvalue weighted by Gasteiger charge is -2.09. The monoisotopic (exact) mass is 479 g/mol. The number of nitrogens with one attached hydrogen (secondary N) is 1. The first-order valence-electron chi connectivity index (χ1n) is 10.2. The zero-order valence-electron chi connectivity index (χ0n) is 18.0. The van der Waals surface area contributed by atoms with Gasteiger partial charge >= 0.3 is 5.97 Å². The zero-order valence-corrected chi connectivity index (χ0v) is 19.7. The molecule has 1 amide bonds. The van der Waals surface area contributed by atoms with Gasteiger partial charge in [0, 0.05) is 23.7 Å². The summed E-state index contributed by atoms with van der Waals surface area (Å²) in [6.45, 7) is 2.01. The second kappa shape index (κ2) is 10.0. The van der Waals surface area contributed by atoms with Crippen LogP contribution >= 0.6 is 23.1 Å². The first kappa shape index (κ1) is 22.8. The lowest BCUT2D eigenvalue weighted by atomic mass is 10.1. The van der Waals surface area contributed by atoms with E-state index in [0.717, 1.165) is 11.1 Å². The fourth-order valence-corrected chi connectivity index (χ4v) is 4.99. The third-order valence-electron chi connectivity index (χ3n) is 4.83. The van der Waals surface area contributed by atoms with E-state index in [1.54, 1.807) is 38.2 Å². The van der Waals surface area contributed by atoms with Crippen LogP contribution in [-0.2, 0) is 16.6 Å². The van der Waals surface area contributed by atoms with E-state index in [9.17, 15) is 14.4 Å². The molecule has 2 aromatic carbocycles. The molecule has 9 heteroatoms. The number of fused-ring (bicyclic) bond motifs is 1. The number of amides is 1. The molecule has 0 unspecified atom stereocenters. The summed E-state index contributed by atoms with van der Waals surface area (Å²) in [5.41, 5.74) is 3.24. The number of nitrogens with zero attached hydrogens (tertiary/aromatic N) is 2. The first-order chi connectivity index (χ1) is 16.0. The molecule has 0 aliphatic carbocycles. The number of thioether (sulfide) groups is 1. The van der Waals surface area contributed by atoms with Gasteiger partial charge in [-0.1, -0.05) is 48.2 Å². The summed E-state index contributed by atoms with van der Waals surface area (Å²) < 4.78 is 7.04. The van der Waals surface area contributed by atoms with Gasteiger partial charge in [0.1, 0.15) is 4.70 Å². The van der Waals surface area contributed by atoms with Crippen molar-refractivity contribution in [2.75, 3.05) is 17.7 Å². The molecule has 2 aromatic heterocycles. The van der Waals surface area contributed by atoms with E-state index in [-0.39, 0.29) is 23.8 Å². The molecule has 4 aromatic rings. The van der Waals surface area contributed by atoms with Crippen molar-refractivity contribution in [3.05, 3.63) is 75.9 Å². The fraction of sp³-hybridized carbons (Fsp3) is 0.167. The molecule has 0 saturated carbocycles. The standard InChI is InChI=1S/C24H21N3O4S2/c1-3-31-23(30)16-10-7-11-17(12-16)25-19(28)14-33-24-26-20-18(15-8-5-4-6-9-15)13-32-21(20)22(29)27(24)2/h4-13H,3,14H2,1-2H3,(H,25,28). The van der Waals surface area contributed by atoms with E-state index < -0.39 is 5.97 Å². The Hall–Kier alpha value is -3.43. The van der Waals surface area contributed by atoms with Crippen molar-refractivity contribution in [3.63, 3.8) is 0 Å². The van der Waals surface area contributed by atoms with Crippen molar-refractivity contribution in [1.82, 2.24) is 9.55 Å². The number of ether oxygens (including phenoxy) is 1. The number of carbonyl (C=O) groups is 2. The van der Waals surface area contributed by atoms with E-state index in [0.29, 0.717) is 26.6 Å². The molecule has 0 aliphatic heterocycles. The van der Waals surface area contributed by atoms with E-state index in [2.05, 4.69) is 5.32 Å². The normalized spacial score (nSPS) is 10.8. The largest absolute Gasteiger partial charge is 0.462 e. The first-order valence-corrected chi connectivity index (χ1v) is 12.1. The Bertz CT molecular complexity index is 1380. The summed E-state index contributed by atoms with van der Waals surface area (Å²) in [5.74, 6) is -0.662. The summed E-state index contributed by atoms with van der Waals surface area (Å²) in [7, 11) is 1.65. The van der Waals surface area contributed by atoms with E-state index in [1.807, 2.05) is 35.7 Å². The number of thiophene rings is 1. The SMILES string of the molecule is CCOC(=O)c1cccc(NC(=O)CSc2nc3c(-c4ccccc4)csc3c(=O)n2C)c1. The van der Waals surface area contributed by atoms with Crippen molar-refractivity contribution in [1.29, 1.82) is 0 Å². The van der Waals surface area contributed by atoms with Crippen LogP contribution in [0, 0.1) is 0 Å². The summed E-state index contributed by atoms with van der Waals surface area (Å²) in [6.07, 6.45) is 0. The molecule has 2 heterocycles. The topological polar surface area (TPSA) is 90.3 Å². The van der Waals surface area contributed by atoms with Gasteiger partial charge in [0.25, 0.3) is 5.56 Å². The Morgan fingerprint density at radius 3 is 2.70 bits per heavy atom. The van der Waals surface area contributed by atoms with Crippen LogP contribution in [0.15, 0.2) is 69.9 Å². The average Bonchev–Trinajstić information content (AvgIpc) is 3.25. The molecule has 0 spiro atoms. The number of benzene rings is 2. The predicted octanol–water partition coefficient (Wildman–Crippen LogP) is 4.57. The molecule has 0 aliphatic rings. The minimum atomic E-state index is -0.444. The summed E-state index contributed by atoms with van der Waals surface area (Å²) in [4.78, 5) is 42.0. The lowest BCUT2D eigenvalue weighted by molar-refractivity contribution is -0.113. The molecule has 168 valence electrons. The maximum absolute atomic E-state index is 12.9. The number of anilines is 1. The van der Waals surface area contributed by atoms with Gasteiger partial charge in [-0.05, 0) is 30.7 Å². The molecule has 0 bridgehead atoms. The highest BCUT2D eigenvalue weighted by Crippen LogP contribution is 2.32. The molecular weight excluding hydrogens is 458 g/mol. The van der Waals surface area contributed by atoms with Gasteiger partial charge in [-0.2, -0.15) is 0 Å². The molecule has 0 saturated heterocycles. The van der Waals surface area contributed by atoms with Crippen LogP contribution in [0.2, 0.25) is 0 Å². The van der Waals surface area contributed by atoms with Crippen molar-refractivity contribution >= 4 is 50.9 Å². The van der Waals surface area contributed by atoms with Gasteiger partial charge in [0.15, 0.2) is 5.16 Å². The maximum atomic E-state index is 12.9. The molecule has 7 nitrogen and oxygen atoms in total. The highest BCUT2D eigenvalue weighted by Gasteiger charge is 2.16. The minimum Gasteiger partial charge on any atom is -0.462 e. The number of hydrogen-bond acceptors (Lipinski definition) is 7. The van der Waals surface area contributed by atoms with Crippen molar-refractivity contribution in [2.24, 2.45) is 7.05 Å². The van der Waals surface area contributed by atoms with Crippen molar-refractivity contribution < 1.29 is 14.3 Å². The Kier molecular flexibility index (Phi) is 6.90. The quantitative estimate of drug-likeness (QED) is 0.237. The Morgan fingerprint density at radius 2 is 1.94 bits per heavy atom. The highest BCUT2D eigenvalue weighted by molar-refractivity contribution is 7.99. The highest BCUT2D eigenvalue weighted by atomic mass is 32.2. The average molecular weight is 480 g/mol.